The lowest BCUT2D eigenvalue weighted by Gasteiger charge is -2.32. The highest BCUT2D eigenvalue weighted by Crippen LogP contribution is 2.26. The minimum Gasteiger partial charge on any atom is -0.371 e. The van der Waals surface area contributed by atoms with Crippen LogP contribution in [0.4, 0.5) is 5.69 Å². The number of anilines is 1. The van der Waals surface area contributed by atoms with Gasteiger partial charge in [-0.05, 0) is 55.2 Å². The maximum absolute atomic E-state index is 13.0. The van der Waals surface area contributed by atoms with Gasteiger partial charge in [0.25, 0.3) is 0 Å². The molecular formula is C24H30ClN3O4S. The number of carbonyl (C=O) groups excluding carboxylic acids is 1. The lowest BCUT2D eigenvalue weighted by atomic mass is 10.1. The van der Waals surface area contributed by atoms with E-state index in [-0.39, 0.29) is 23.5 Å². The molecule has 0 saturated carbocycles. The van der Waals surface area contributed by atoms with Crippen molar-refractivity contribution in [2.45, 2.75) is 37.2 Å². The third kappa shape index (κ3) is 5.94. The molecule has 0 radical (unpaired) electrons. The van der Waals surface area contributed by atoms with E-state index in [2.05, 4.69) is 5.32 Å². The second-order valence-corrected chi connectivity index (χ2v) is 11.0. The summed E-state index contributed by atoms with van der Waals surface area (Å²) in [5, 5.41) is 3.59. The van der Waals surface area contributed by atoms with Crippen LogP contribution < -0.4 is 5.32 Å². The molecule has 4 rings (SSSR count). The predicted molar refractivity (Wildman–Crippen MR) is 129 cm³/mol. The number of nitrogens with one attached hydrogen (secondary N) is 1. The molecule has 2 aromatic rings. The Labute approximate surface area is 200 Å². The van der Waals surface area contributed by atoms with Crippen LogP contribution in [0.2, 0.25) is 5.02 Å². The number of amides is 1. The summed E-state index contributed by atoms with van der Waals surface area (Å²) in [5.41, 5.74) is 2.37. The van der Waals surface area contributed by atoms with Gasteiger partial charge < -0.3 is 10.1 Å². The number of hydrogen-bond acceptors (Lipinski definition) is 5. The third-order valence-corrected chi connectivity index (χ3v) is 8.34. The zero-order chi connectivity index (χ0) is 23.4. The Balaban J connectivity index is 1.41. The number of sulfonamides is 1. The fourth-order valence-corrected chi connectivity index (χ4v) is 5.94. The maximum atomic E-state index is 13.0. The van der Waals surface area contributed by atoms with E-state index in [1.807, 2.05) is 36.1 Å². The number of benzene rings is 2. The lowest BCUT2D eigenvalue weighted by molar-refractivity contribution is -0.119. The van der Waals surface area contributed by atoms with Crippen molar-refractivity contribution in [1.82, 2.24) is 9.21 Å². The molecule has 2 saturated heterocycles. The Bertz CT molecular complexity index is 1090. The summed E-state index contributed by atoms with van der Waals surface area (Å²) in [4.78, 5) is 15.1. The van der Waals surface area contributed by atoms with Gasteiger partial charge in [0, 0.05) is 36.9 Å². The monoisotopic (exact) mass is 491 g/mol. The molecule has 9 heteroatoms. The number of nitrogens with zero attached hydrogens (tertiary/aromatic N) is 2. The topological polar surface area (TPSA) is 79.0 Å². The van der Waals surface area contributed by atoms with Gasteiger partial charge in [-0.25, -0.2) is 8.42 Å². The first-order chi connectivity index (χ1) is 15.8. The van der Waals surface area contributed by atoms with Crippen LogP contribution in [0, 0.1) is 6.92 Å². The number of carbonyl (C=O) groups is 1. The molecule has 0 aliphatic carbocycles. The molecule has 7 nitrogen and oxygen atoms in total. The number of ether oxygens (including phenoxy) is 1. The average Bonchev–Trinajstić information content (AvgIpc) is 2.81. The van der Waals surface area contributed by atoms with Crippen LogP contribution in [0.25, 0.3) is 0 Å². The SMILES string of the molecule is Cc1ccc(S(=O)(=O)N2CCCCC2)cc1NC(=O)CN1CCOC(c2ccc(Cl)cc2)C1. The first kappa shape index (κ1) is 24.2. The minimum absolute atomic E-state index is 0.122. The third-order valence-electron chi connectivity index (χ3n) is 6.20. The highest BCUT2D eigenvalue weighted by atomic mass is 35.5. The van der Waals surface area contributed by atoms with Gasteiger partial charge in [0.1, 0.15) is 0 Å². The van der Waals surface area contributed by atoms with Crippen molar-refractivity contribution in [3.05, 3.63) is 58.6 Å². The van der Waals surface area contributed by atoms with Crippen molar-refractivity contribution in [3.8, 4) is 0 Å². The van der Waals surface area contributed by atoms with E-state index < -0.39 is 10.0 Å². The Morgan fingerprint density at radius 3 is 2.55 bits per heavy atom. The Morgan fingerprint density at radius 1 is 1.09 bits per heavy atom. The predicted octanol–water partition coefficient (Wildman–Crippen LogP) is 3.84. The van der Waals surface area contributed by atoms with Crippen molar-refractivity contribution in [2.75, 3.05) is 44.6 Å². The van der Waals surface area contributed by atoms with Crippen molar-refractivity contribution < 1.29 is 17.9 Å². The lowest BCUT2D eigenvalue weighted by Crippen LogP contribution is -2.42. The molecule has 178 valence electrons. The van der Waals surface area contributed by atoms with E-state index in [9.17, 15) is 13.2 Å². The second-order valence-electron chi connectivity index (χ2n) is 8.64. The normalized spacial score (nSPS) is 20.5. The highest BCUT2D eigenvalue weighted by molar-refractivity contribution is 7.89. The smallest absolute Gasteiger partial charge is 0.243 e. The highest BCUT2D eigenvalue weighted by Gasteiger charge is 2.27. The molecule has 1 atom stereocenters. The Morgan fingerprint density at radius 2 is 1.82 bits per heavy atom. The van der Waals surface area contributed by atoms with E-state index in [0.717, 1.165) is 30.4 Å². The van der Waals surface area contributed by atoms with E-state index in [1.54, 1.807) is 18.2 Å². The number of morpholine rings is 1. The molecule has 2 heterocycles. The molecule has 33 heavy (non-hydrogen) atoms. The van der Waals surface area contributed by atoms with Crippen LogP contribution in [0.3, 0.4) is 0 Å². The van der Waals surface area contributed by atoms with Crippen LogP contribution in [0.1, 0.15) is 36.5 Å². The van der Waals surface area contributed by atoms with Gasteiger partial charge in [0.15, 0.2) is 0 Å². The summed E-state index contributed by atoms with van der Waals surface area (Å²) in [6.07, 6.45) is 2.70. The van der Waals surface area contributed by atoms with Crippen molar-refractivity contribution in [3.63, 3.8) is 0 Å². The molecule has 2 aliphatic rings. The summed E-state index contributed by atoms with van der Waals surface area (Å²) < 4.78 is 33.5. The van der Waals surface area contributed by atoms with Crippen LogP contribution in [0.15, 0.2) is 47.4 Å². The number of aryl methyl sites for hydroxylation is 1. The molecule has 0 aromatic heterocycles. The molecule has 1 amide bonds. The Kier molecular flexibility index (Phi) is 7.71. The maximum Gasteiger partial charge on any atom is 0.243 e. The number of hydrogen-bond donors (Lipinski definition) is 1. The zero-order valence-electron chi connectivity index (χ0n) is 18.8. The molecule has 2 aliphatic heterocycles. The van der Waals surface area contributed by atoms with Crippen LogP contribution >= 0.6 is 11.6 Å². The number of rotatable bonds is 6. The fourth-order valence-electron chi connectivity index (χ4n) is 4.27. The van der Waals surface area contributed by atoms with Gasteiger partial charge in [-0.2, -0.15) is 4.31 Å². The summed E-state index contributed by atoms with van der Waals surface area (Å²) in [6, 6.07) is 12.5. The molecule has 0 spiro atoms. The van der Waals surface area contributed by atoms with E-state index >= 15 is 0 Å². The van der Waals surface area contributed by atoms with Crippen LogP contribution in [0.5, 0.6) is 0 Å². The minimum atomic E-state index is -3.56. The molecule has 1 N–H and O–H groups in total. The standard InChI is InChI=1S/C24H30ClN3O4S/c1-18-5-10-21(33(30,31)28-11-3-2-4-12-28)15-22(18)26-24(29)17-27-13-14-32-23(16-27)19-6-8-20(25)9-7-19/h5-10,15,23H,2-4,11-14,16-17H2,1H3,(H,26,29). The molecule has 2 fully saturated rings. The Hall–Kier alpha value is -1.97. The molecular weight excluding hydrogens is 462 g/mol. The van der Waals surface area contributed by atoms with Crippen LogP contribution in [-0.2, 0) is 19.6 Å². The zero-order valence-corrected chi connectivity index (χ0v) is 20.4. The van der Waals surface area contributed by atoms with E-state index in [1.165, 1.54) is 4.31 Å². The second kappa shape index (κ2) is 10.5. The van der Waals surface area contributed by atoms with Gasteiger partial charge in [-0.1, -0.05) is 36.2 Å². The van der Waals surface area contributed by atoms with Crippen molar-refractivity contribution in [1.29, 1.82) is 0 Å². The van der Waals surface area contributed by atoms with Crippen LogP contribution in [-0.4, -0.2) is 62.9 Å². The largest absolute Gasteiger partial charge is 0.371 e. The first-order valence-electron chi connectivity index (χ1n) is 11.3. The molecule has 0 bridgehead atoms. The summed E-state index contributed by atoms with van der Waals surface area (Å²) in [6.45, 7) is 4.93. The average molecular weight is 492 g/mol. The summed E-state index contributed by atoms with van der Waals surface area (Å²) in [7, 11) is -3.56. The first-order valence-corrected chi connectivity index (χ1v) is 13.1. The van der Waals surface area contributed by atoms with Gasteiger partial charge in [-0.3, -0.25) is 9.69 Å². The number of halogens is 1. The van der Waals surface area contributed by atoms with E-state index in [4.69, 9.17) is 16.3 Å². The van der Waals surface area contributed by atoms with Gasteiger partial charge >= 0.3 is 0 Å². The number of piperidine rings is 1. The van der Waals surface area contributed by atoms with Gasteiger partial charge in [0.2, 0.25) is 15.9 Å². The van der Waals surface area contributed by atoms with Gasteiger partial charge in [0.05, 0.1) is 24.2 Å². The summed E-state index contributed by atoms with van der Waals surface area (Å²) in [5.74, 6) is -0.178. The molecule has 1 unspecified atom stereocenters. The quantitative estimate of drug-likeness (QED) is 0.664. The van der Waals surface area contributed by atoms with Gasteiger partial charge in [-0.15, -0.1) is 0 Å². The molecule has 2 aromatic carbocycles. The summed E-state index contributed by atoms with van der Waals surface area (Å²) >= 11 is 5.98. The van der Waals surface area contributed by atoms with E-state index in [0.29, 0.717) is 43.5 Å². The van der Waals surface area contributed by atoms with Crippen molar-refractivity contribution in [2.24, 2.45) is 0 Å². The van der Waals surface area contributed by atoms with Crippen molar-refractivity contribution >= 4 is 33.2 Å². The fraction of sp³-hybridized carbons (Fsp3) is 0.458.